The van der Waals surface area contributed by atoms with Crippen molar-refractivity contribution in [3.63, 3.8) is 0 Å². The molecule has 1 atom stereocenters. The van der Waals surface area contributed by atoms with Crippen molar-refractivity contribution in [3.8, 4) is 0 Å². The molecule has 0 fully saturated rings. The zero-order valence-corrected chi connectivity index (χ0v) is 31.8. The molecule has 0 aliphatic carbocycles. The van der Waals surface area contributed by atoms with Crippen molar-refractivity contribution >= 4 is 11.6 Å². The summed E-state index contributed by atoms with van der Waals surface area (Å²) < 4.78 is 0. The van der Waals surface area contributed by atoms with E-state index in [-0.39, 0.29) is 5.92 Å². The third-order valence-corrected chi connectivity index (χ3v) is 9.49. The minimum atomic E-state index is -0.0626. The number of carbonyl (C=O) groups is 2. The van der Waals surface area contributed by atoms with E-state index >= 15 is 0 Å². The van der Waals surface area contributed by atoms with E-state index in [0.29, 0.717) is 30.8 Å². The molecule has 0 aliphatic heterocycles. The van der Waals surface area contributed by atoms with Gasteiger partial charge in [-0.15, -0.1) is 0 Å². The molecule has 0 aromatic rings. The first-order chi connectivity index (χ1) is 22.5. The number of unbranched alkanes of at least 4 members (excludes halogenated alkanes) is 22. The van der Waals surface area contributed by atoms with Gasteiger partial charge in [-0.1, -0.05) is 141 Å². The predicted octanol–water partition coefficient (Wildman–Crippen LogP) is 13.5. The zero-order valence-electron chi connectivity index (χ0n) is 31.8. The van der Waals surface area contributed by atoms with Gasteiger partial charge in [0.2, 0.25) is 0 Å². The molecule has 0 saturated carbocycles. The van der Waals surface area contributed by atoms with Crippen molar-refractivity contribution in [2.45, 2.75) is 213 Å². The Hall–Kier alpha value is -1.22. The SMILES string of the molecule is CCCCCCCC/C=C\CCCCCCCC(=O)C[C@@H](CCCN(C)C)C(=O)CCCCCCC/C=C\CCCCCCCC. The van der Waals surface area contributed by atoms with Gasteiger partial charge in [0.25, 0.3) is 0 Å². The van der Waals surface area contributed by atoms with Gasteiger partial charge in [0.05, 0.1) is 0 Å². The normalized spacial score (nSPS) is 12.6. The first kappa shape index (κ1) is 44.8. The number of carbonyl (C=O) groups excluding carboxylic acids is 2. The second-order valence-electron chi connectivity index (χ2n) is 14.5. The quantitative estimate of drug-likeness (QED) is 0.0499. The fourth-order valence-electron chi connectivity index (χ4n) is 6.37. The minimum Gasteiger partial charge on any atom is -0.309 e. The molecule has 0 amide bonds. The van der Waals surface area contributed by atoms with Gasteiger partial charge in [0, 0.05) is 25.2 Å². The Labute approximate surface area is 289 Å². The molecule has 3 heteroatoms. The number of allylic oxidation sites excluding steroid dienone is 4. The summed E-state index contributed by atoms with van der Waals surface area (Å²) >= 11 is 0. The molecule has 0 unspecified atom stereocenters. The van der Waals surface area contributed by atoms with Crippen LogP contribution in [-0.2, 0) is 9.59 Å². The summed E-state index contributed by atoms with van der Waals surface area (Å²) in [5.41, 5.74) is 0. The second-order valence-corrected chi connectivity index (χ2v) is 14.5. The lowest BCUT2D eigenvalue weighted by Gasteiger charge is -2.17. The molecule has 0 aromatic carbocycles. The summed E-state index contributed by atoms with van der Waals surface area (Å²) in [7, 11) is 4.17. The van der Waals surface area contributed by atoms with Crippen LogP contribution < -0.4 is 0 Å². The molecule has 3 nitrogen and oxygen atoms in total. The molecule has 0 spiro atoms. The molecule has 0 saturated heterocycles. The Morgan fingerprint density at radius 2 is 0.848 bits per heavy atom. The third-order valence-electron chi connectivity index (χ3n) is 9.49. The molecule has 0 N–H and O–H groups in total. The van der Waals surface area contributed by atoms with E-state index in [1.807, 2.05) is 0 Å². The highest BCUT2D eigenvalue weighted by Gasteiger charge is 2.21. The Kier molecular flexibility index (Phi) is 35.6. The molecular weight excluding hydrogens is 562 g/mol. The van der Waals surface area contributed by atoms with Crippen LogP contribution in [0.5, 0.6) is 0 Å². The van der Waals surface area contributed by atoms with Crippen LogP contribution in [0.1, 0.15) is 213 Å². The van der Waals surface area contributed by atoms with Crippen LogP contribution in [-0.4, -0.2) is 37.1 Å². The Balaban J connectivity index is 3.98. The van der Waals surface area contributed by atoms with E-state index < -0.39 is 0 Å². The highest BCUT2D eigenvalue weighted by Crippen LogP contribution is 2.20. The number of hydrogen-bond donors (Lipinski definition) is 0. The van der Waals surface area contributed by atoms with Crippen LogP contribution in [0.15, 0.2) is 24.3 Å². The van der Waals surface area contributed by atoms with Crippen molar-refractivity contribution in [1.82, 2.24) is 4.90 Å². The lowest BCUT2D eigenvalue weighted by atomic mass is 9.88. The van der Waals surface area contributed by atoms with E-state index in [2.05, 4.69) is 57.1 Å². The monoisotopic (exact) mass is 644 g/mol. The van der Waals surface area contributed by atoms with Gasteiger partial charge in [0.1, 0.15) is 11.6 Å². The van der Waals surface area contributed by atoms with Crippen LogP contribution in [0.25, 0.3) is 0 Å². The molecule has 0 aromatic heterocycles. The average molecular weight is 644 g/mol. The number of hydrogen-bond acceptors (Lipinski definition) is 3. The summed E-state index contributed by atoms with van der Waals surface area (Å²) in [6, 6.07) is 0. The largest absolute Gasteiger partial charge is 0.309 e. The Morgan fingerprint density at radius 1 is 0.478 bits per heavy atom. The molecule has 0 heterocycles. The van der Waals surface area contributed by atoms with Crippen LogP contribution >= 0.6 is 0 Å². The summed E-state index contributed by atoms with van der Waals surface area (Å²) in [5, 5.41) is 0. The number of nitrogens with zero attached hydrogens (tertiary/aromatic N) is 1. The van der Waals surface area contributed by atoms with Crippen LogP contribution in [0.2, 0.25) is 0 Å². The highest BCUT2D eigenvalue weighted by molar-refractivity contribution is 5.87. The Morgan fingerprint density at radius 3 is 1.26 bits per heavy atom. The summed E-state index contributed by atoms with van der Waals surface area (Å²) in [6.45, 7) is 5.54. The number of rotatable bonds is 37. The standard InChI is InChI=1S/C43H81NO2/c1-5-7-9-11-13-15-17-19-21-23-25-27-29-31-33-37-42(45)40-41(36-35-39-44(3)4)43(46)38-34-32-30-28-26-24-22-20-18-16-14-12-10-8-6-2/h19-22,41H,5-18,23-40H2,1-4H3/b21-19-,22-20-/t41-/m1/s1. The molecule has 0 bridgehead atoms. The van der Waals surface area contributed by atoms with Gasteiger partial charge in [0.15, 0.2) is 0 Å². The number of Topliss-reactive ketones (excluding diaryl/α,β-unsaturated/α-hetero) is 2. The van der Waals surface area contributed by atoms with Crippen molar-refractivity contribution < 1.29 is 9.59 Å². The van der Waals surface area contributed by atoms with E-state index in [1.54, 1.807) is 0 Å². The van der Waals surface area contributed by atoms with Crippen molar-refractivity contribution in [3.05, 3.63) is 24.3 Å². The zero-order chi connectivity index (χ0) is 33.8. The first-order valence-corrected chi connectivity index (χ1v) is 20.5. The van der Waals surface area contributed by atoms with E-state index in [9.17, 15) is 9.59 Å². The maximum atomic E-state index is 13.1. The fourth-order valence-corrected chi connectivity index (χ4v) is 6.37. The minimum absolute atomic E-state index is 0.0626. The molecule has 270 valence electrons. The predicted molar refractivity (Wildman–Crippen MR) is 205 cm³/mol. The fraction of sp³-hybridized carbons (Fsp3) is 0.860. The van der Waals surface area contributed by atoms with E-state index in [1.165, 1.54) is 141 Å². The van der Waals surface area contributed by atoms with E-state index in [0.717, 1.165) is 45.1 Å². The van der Waals surface area contributed by atoms with Gasteiger partial charge < -0.3 is 4.90 Å². The molecular formula is C43H81NO2. The summed E-state index contributed by atoms with van der Waals surface area (Å²) in [4.78, 5) is 28.1. The topological polar surface area (TPSA) is 37.4 Å². The molecule has 0 rings (SSSR count). The van der Waals surface area contributed by atoms with Crippen molar-refractivity contribution in [2.75, 3.05) is 20.6 Å². The van der Waals surface area contributed by atoms with Gasteiger partial charge in [-0.25, -0.2) is 0 Å². The molecule has 46 heavy (non-hydrogen) atoms. The van der Waals surface area contributed by atoms with Crippen LogP contribution in [0.3, 0.4) is 0 Å². The van der Waals surface area contributed by atoms with Gasteiger partial charge in [-0.05, 0) is 97.7 Å². The molecule has 0 aliphatic rings. The highest BCUT2D eigenvalue weighted by atomic mass is 16.1. The molecule has 0 radical (unpaired) electrons. The van der Waals surface area contributed by atoms with Crippen molar-refractivity contribution in [2.24, 2.45) is 5.92 Å². The van der Waals surface area contributed by atoms with Crippen LogP contribution in [0.4, 0.5) is 0 Å². The van der Waals surface area contributed by atoms with Gasteiger partial charge in [-0.3, -0.25) is 9.59 Å². The summed E-state index contributed by atoms with van der Waals surface area (Å²) in [6.07, 6.45) is 46.2. The smallest absolute Gasteiger partial charge is 0.136 e. The lowest BCUT2D eigenvalue weighted by Crippen LogP contribution is -2.21. The van der Waals surface area contributed by atoms with Crippen molar-refractivity contribution in [1.29, 1.82) is 0 Å². The summed E-state index contributed by atoms with van der Waals surface area (Å²) in [5.74, 6) is 0.590. The van der Waals surface area contributed by atoms with Gasteiger partial charge in [-0.2, -0.15) is 0 Å². The average Bonchev–Trinajstić information content (AvgIpc) is 3.04. The lowest BCUT2D eigenvalue weighted by molar-refractivity contribution is -0.128. The Bertz CT molecular complexity index is 710. The third kappa shape index (κ3) is 34.1. The number of ketones is 2. The maximum absolute atomic E-state index is 13.1. The van der Waals surface area contributed by atoms with E-state index in [4.69, 9.17) is 0 Å². The van der Waals surface area contributed by atoms with Gasteiger partial charge >= 0.3 is 0 Å². The van der Waals surface area contributed by atoms with Crippen LogP contribution in [0, 0.1) is 5.92 Å². The first-order valence-electron chi connectivity index (χ1n) is 20.5. The second kappa shape index (κ2) is 36.6. The maximum Gasteiger partial charge on any atom is 0.136 e.